The van der Waals surface area contributed by atoms with Gasteiger partial charge >= 0.3 is 0 Å². The lowest BCUT2D eigenvalue weighted by molar-refractivity contribution is 0.0606. The summed E-state index contributed by atoms with van der Waals surface area (Å²) < 4.78 is 5.49. The zero-order valence-corrected chi connectivity index (χ0v) is 12.7. The number of fused-ring (bicyclic) bond motifs is 1. The first kappa shape index (κ1) is 14.5. The molecule has 1 N–H and O–H groups in total. The number of aromatic nitrogens is 1. The summed E-state index contributed by atoms with van der Waals surface area (Å²) in [5.41, 5.74) is 2.47. The van der Waals surface area contributed by atoms with Crippen molar-refractivity contribution in [2.45, 2.75) is 32.2 Å². The van der Waals surface area contributed by atoms with Crippen LogP contribution in [0.5, 0.6) is 0 Å². The first-order valence-electron chi connectivity index (χ1n) is 8.03. The number of nitrogens with zero attached hydrogens (tertiary/aromatic N) is 1. The SMILES string of the molecule is CCNC(CC1CCOCC1)c1cccc2ncccc12. The maximum atomic E-state index is 5.49. The average Bonchev–Trinajstić information content (AvgIpc) is 2.55. The topological polar surface area (TPSA) is 34.1 Å². The van der Waals surface area contributed by atoms with Crippen LogP contribution in [0.4, 0.5) is 0 Å². The van der Waals surface area contributed by atoms with Gasteiger partial charge < -0.3 is 10.1 Å². The molecule has 0 aliphatic carbocycles. The molecule has 3 rings (SSSR count). The second kappa shape index (κ2) is 7.01. The molecule has 0 bridgehead atoms. The van der Waals surface area contributed by atoms with Gasteiger partial charge in [0.05, 0.1) is 5.52 Å². The summed E-state index contributed by atoms with van der Waals surface area (Å²) in [7, 11) is 0. The number of hydrogen-bond acceptors (Lipinski definition) is 3. The molecule has 1 aromatic carbocycles. The van der Waals surface area contributed by atoms with Gasteiger partial charge in [0, 0.05) is 30.8 Å². The first-order chi connectivity index (χ1) is 10.4. The quantitative estimate of drug-likeness (QED) is 0.909. The van der Waals surface area contributed by atoms with Gasteiger partial charge in [0.1, 0.15) is 0 Å². The van der Waals surface area contributed by atoms with Gasteiger partial charge in [-0.05, 0) is 49.4 Å². The van der Waals surface area contributed by atoms with Crippen molar-refractivity contribution in [3.63, 3.8) is 0 Å². The van der Waals surface area contributed by atoms with E-state index in [1.807, 2.05) is 12.3 Å². The number of ether oxygens (including phenoxy) is 1. The zero-order chi connectivity index (χ0) is 14.5. The lowest BCUT2D eigenvalue weighted by Gasteiger charge is -2.28. The predicted molar refractivity (Wildman–Crippen MR) is 86.3 cm³/mol. The molecule has 3 nitrogen and oxygen atoms in total. The van der Waals surface area contributed by atoms with E-state index >= 15 is 0 Å². The van der Waals surface area contributed by atoms with Crippen molar-refractivity contribution in [3.05, 3.63) is 42.1 Å². The highest BCUT2D eigenvalue weighted by atomic mass is 16.5. The highest BCUT2D eigenvalue weighted by Crippen LogP contribution is 2.31. The van der Waals surface area contributed by atoms with Crippen LogP contribution in [0, 0.1) is 5.92 Å². The molecular weight excluding hydrogens is 260 g/mol. The monoisotopic (exact) mass is 284 g/mol. The number of rotatable bonds is 5. The minimum atomic E-state index is 0.408. The third-order valence-electron chi connectivity index (χ3n) is 4.42. The van der Waals surface area contributed by atoms with Gasteiger partial charge in [-0.1, -0.05) is 25.1 Å². The lowest BCUT2D eigenvalue weighted by atomic mass is 9.88. The van der Waals surface area contributed by atoms with Crippen LogP contribution in [0.2, 0.25) is 0 Å². The van der Waals surface area contributed by atoms with Gasteiger partial charge in [-0.25, -0.2) is 0 Å². The Morgan fingerprint density at radius 3 is 2.90 bits per heavy atom. The van der Waals surface area contributed by atoms with E-state index in [0.717, 1.165) is 31.2 Å². The van der Waals surface area contributed by atoms with Crippen molar-refractivity contribution in [2.24, 2.45) is 5.92 Å². The van der Waals surface area contributed by atoms with Crippen LogP contribution >= 0.6 is 0 Å². The second-order valence-electron chi connectivity index (χ2n) is 5.82. The number of pyridine rings is 1. The van der Waals surface area contributed by atoms with E-state index in [-0.39, 0.29) is 0 Å². The molecule has 1 aliphatic heterocycles. The van der Waals surface area contributed by atoms with Crippen LogP contribution in [-0.2, 0) is 4.74 Å². The fourth-order valence-electron chi connectivity index (χ4n) is 3.31. The van der Waals surface area contributed by atoms with Gasteiger partial charge in [0.2, 0.25) is 0 Å². The minimum Gasteiger partial charge on any atom is -0.381 e. The Bertz CT molecular complexity index is 573. The Morgan fingerprint density at radius 1 is 1.24 bits per heavy atom. The molecule has 3 heteroatoms. The van der Waals surface area contributed by atoms with Gasteiger partial charge in [0.15, 0.2) is 0 Å². The third-order valence-corrected chi connectivity index (χ3v) is 4.42. The van der Waals surface area contributed by atoms with Crippen molar-refractivity contribution in [1.82, 2.24) is 10.3 Å². The van der Waals surface area contributed by atoms with E-state index in [9.17, 15) is 0 Å². The van der Waals surface area contributed by atoms with Crippen molar-refractivity contribution < 1.29 is 4.74 Å². The van der Waals surface area contributed by atoms with Gasteiger partial charge in [0.25, 0.3) is 0 Å². The summed E-state index contributed by atoms with van der Waals surface area (Å²) in [6.07, 6.45) is 5.42. The van der Waals surface area contributed by atoms with E-state index in [0.29, 0.717) is 6.04 Å². The van der Waals surface area contributed by atoms with E-state index in [1.54, 1.807) is 0 Å². The Labute approximate surface area is 126 Å². The molecule has 0 saturated carbocycles. The minimum absolute atomic E-state index is 0.408. The molecule has 21 heavy (non-hydrogen) atoms. The molecule has 2 aromatic rings. The van der Waals surface area contributed by atoms with Crippen LogP contribution in [-0.4, -0.2) is 24.7 Å². The van der Waals surface area contributed by atoms with Crippen LogP contribution < -0.4 is 5.32 Å². The van der Waals surface area contributed by atoms with Crippen molar-refractivity contribution in [3.8, 4) is 0 Å². The first-order valence-corrected chi connectivity index (χ1v) is 8.03. The predicted octanol–water partition coefficient (Wildman–Crippen LogP) is 3.70. The van der Waals surface area contributed by atoms with Gasteiger partial charge in [-0.2, -0.15) is 0 Å². The van der Waals surface area contributed by atoms with E-state index in [4.69, 9.17) is 4.74 Å². The van der Waals surface area contributed by atoms with Crippen molar-refractivity contribution in [1.29, 1.82) is 0 Å². The molecule has 2 heterocycles. The van der Waals surface area contributed by atoms with Crippen molar-refractivity contribution >= 4 is 10.9 Å². The van der Waals surface area contributed by atoms with Gasteiger partial charge in [-0.15, -0.1) is 0 Å². The van der Waals surface area contributed by atoms with Crippen LogP contribution in [0.15, 0.2) is 36.5 Å². The summed E-state index contributed by atoms with van der Waals surface area (Å²) in [6, 6.07) is 11.1. The largest absolute Gasteiger partial charge is 0.381 e. The number of benzene rings is 1. The Hall–Kier alpha value is -1.45. The highest BCUT2D eigenvalue weighted by Gasteiger charge is 2.21. The smallest absolute Gasteiger partial charge is 0.0705 e. The number of nitrogens with one attached hydrogen (secondary N) is 1. The summed E-state index contributed by atoms with van der Waals surface area (Å²) in [6.45, 7) is 5.01. The molecule has 1 aliphatic rings. The van der Waals surface area contributed by atoms with E-state index < -0.39 is 0 Å². The van der Waals surface area contributed by atoms with Crippen LogP contribution in [0.1, 0.15) is 37.8 Å². The maximum Gasteiger partial charge on any atom is 0.0705 e. The fraction of sp³-hybridized carbons (Fsp3) is 0.500. The summed E-state index contributed by atoms with van der Waals surface area (Å²) in [5.74, 6) is 0.759. The summed E-state index contributed by atoms with van der Waals surface area (Å²) in [4.78, 5) is 4.48. The van der Waals surface area contributed by atoms with Crippen LogP contribution in [0.25, 0.3) is 10.9 Å². The summed E-state index contributed by atoms with van der Waals surface area (Å²) >= 11 is 0. The molecule has 1 aromatic heterocycles. The second-order valence-corrected chi connectivity index (χ2v) is 5.82. The Morgan fingerprint density at radius 2 is 2.10 bits per heavy atom. The zero-order valence-electron chi connectivity index (χ0n) is 12.7. The molecule has 1 unspecified atom stereocenters. The fourth-order valence-corrected chi connectivity index (χ4v) is 3.31. The number of hydrogen-bond donors (Lipinski definition) is 1. The normalized spacial score (nSPS) is 18.0. The molecule has 0 amide bonds. The molecule has 1 saturated heterocycles. The molecule has 1 fully saturated rings. The molecule has 0 spiro atoms. The Balaban J connectivity index is 1.87. The molecule has 1 atom stereocenters. The standard InChI is InChI=1S/C18H24N2O/c1-2-19-18(13-14-8-11-21-12-9-14)16-5-3-7-17-15(16)6-4-10-20-17/h3-7,10,14,18-19H,2,8-9,11-13H2,1H3. The molecule has 112 valence electrons. The maximum absolute atomic E-state index is 5.49. The average molecular weight is 284 g/mol. The molecule has 0 radical (unpaired) electrons. The molecular formula is C18H24N2O. The Kier molecular flexibility index (Phi) is 4.84. The summed E-state index contributed by atoms with van der Waals surface area (Å²) in [5, 5.41) is 4.95. The highest BCUT2D eigenvalue weighted by molar-refractivity contribution is 5.82. The van der Waals surface area contributed by atoms with E-state index in [1.165, 1.54) is 30.2 Å². The third kappa shape index (κ3) is 3.42. The van der Waals surface area contributed by atoms with E-state index in [2.05, 4.69) is 41.5 Å². The van der Waals surface area contributed by atoms with Crippen molar-refractivity contribution in [2.75, 3.05) is 19.8 Å². The van der Waals surface area contributed by atoms with Crippen LogP contribution in [0.3, 0.4) is 0 Å². The van der Waals surface area contributed by atoms with Gasteiger partial charge in [-0.3, -0.25) is 4.98 Å². The lowest BCUT2D eigenvalue weighted by Crippen LogP contribution is -2.26.